The van der Waals surface area contributed by atoms with Crippen molar-refractivity contribution in [2.45, 2.75) is 12.6 Å². The Hall–Kier alpha value is -2.28. The first kappa shape index (κ1) is 14.8. The smallest absolute Gasteiger partial charge is 0.328 e. The Balaban J connectivity index is 2.47. The number of rotatable bonds is 6. The molecule has 1 unspecified atom stereocenters. The van der Waals surface area contributed by atoms with Gasteiger partial charge in [-0.1, -0.05) is 12.1 Å². The Morgan fingerprint density at radius 3 is 2.74 bits per heavy atom. The van der Waals surface area contributed by atoms with Crippen molar-refractivity contribution < 1.29 is 24.5 Å². The molecule has 4 N–H and O–H groups in total. The molecule has 1 aromatic carbocycles. The Morgan fingerprint density at radius 2 is 2.16 bits per heavy atom. The number of carbonyl (C=O) groups excluding carboxylic acids is 1. The minimum absolute atomic E-state index is 0.223. The summed E-state index contributed by atoms with van der Waals surface area (Å²) in [7, 11) is 1.54. The Bertz CT molecular complexity index is 450. The SMILES string of the molecule is COc1cccc(CNC(=O)NC(CO)C(=O)O)c1. The monoisotopic (exact) mass is 268 g/mol. The second kappa shape index (κ2) is 7.22. The predicted molar refractivity (Wildman–Crippen MR) is 66.9 cm³/mol. The highest BCUT2D eigenvalue weighted by molar-refractivity contribution is 5.82. The summed E-state index contributed by atoms with van der Waals surface area (Å²) in [5.41, 5.74) is 0.811. The Morgan fingerprint density at radius 1 is 1.42 bits per heavy atom. The maximum Gasteiger partial charge on any atom is 0.328 e. The van der Waals surface area contributed by atoms with E-state index in [1.807, 2.05) is 0 Å². The molecule has 0 aromatic heterocycles. The largest absolute Gasteiger partial charge is 0.497 e. The minimum atomic E-state index is -1.31. The molecule has 0 spiro atoms. The van der Waals surface area contributed by atoms with E-state index in [2.05, 4.69) is 10.6 Å². The maximum atomic E-state index is 11.4. The Kier molecular flexibility index (Phi) is 5.62. The third-order valence-electron chi connectivity index (χ3n) is 2.37. The molecular formula is C12H16N2O5. The number of carbonyl (C=O) groups is 2. The second-order valence-corrected chi connectivity index (χ2v) is 3.75. The number of carboxylic acid groups (broad SMARTS) is 1. The van der Waals surface area contributed by atoms with Crippen molar-refractivity contribution in [3.63, 3.8) is 0 Å². The molecule has 0 heterocycles. The lowest BCUT2D eigenvalue weighted by molar-refractivity contribution is -0.140. The summed E-state index contributed by atoms with van der Waals surface area (Å²) >= 11 is 0. The average Bonchev–Trinajstić information content (AvgIpc) is 2.42. The second-order valence-electron chi connectivity index (χ2n) is 3.75. The number of nitrogens with one attached hydrogen (secondary N) is 2. The molecule has 0 saturated heterocycles. The third kappa shape index (κ3) is 4.84. The summed E-state index contributed by atoms with van der Waals surface area (Å²) in [6.45, 7) is -0.442. The van der Waals surface area contributed by atoms with Crippen molar-refractivity contribution in [3.8, 4) is 5.75 Å². The Labute approximate surface area is 110 Å². The lowest BCUT2D eigenvalue weighted by Gasteiger charge is -2.12. The van der Waals surface area contributed by atoms with E-state index < -0.39 is 24.6 Å². The zero-order chi connectivity index (χ0) is 14.3. The number of aliphatic hydroxyl groups is 1. The maximum absolute atomic E-state index is 11.4. The molecule has 0 radical (unpaired) electrons. The summed E-state index contributed by atoms with van der Waals surface area (Å²) in [6, 6.07) is 5.12. The predicted octanol–water partition coefficient (Wildman–Crippen LogP) is -0.0601. The van der Waals surface area contributed by atoms with Crippen molar-refractivity contribution in [2.24, 2.45) is 0 Å². The number of aliphatic hydroxyl groups excluding tert-OH is 1. The number of benzene rings is 1. The van der Waals surface area contributed by atoms with Crippen molar-refractivity contribution >= 4 is 12.0 Å². The lowest BCUT2D eigenvalue weighted by atomic mass is 10.2. The van der Waals surface area contributed by atoms with Gasteiger partial charge in [-0.2, -0.15) is 0 Å². The van der Waals surface area contributed by atoms with Crippen LogP contribution in [0.4, 0.5) is 4.79 Å². The number of hydrogen-bond acceptors (Lipinski definition) is 4. The molecule has 0 aliphatic rings. The van der Waals surface area contributed by atoms with E-state index in [-0.39, 0.29) is 6.54 Å². The number of urea groups is 1. The molecule has 19 heavy (non-hydrogen) atoms. The van der Waals surface area contributed by atoms with Gasteiger partial charge in [-0.15, -0.1) is 0 Å². The first-order valence-electron chi connectivity index (χ1n) is 5.57. The van der Waals surface area contributed by atoms with Gasteiger partial charge in [0.15, 0.2) is 6.04 Å². The van der Waals surface area contributed by atoms with Crippen LogP contribution in [0, 0.1) is 0 Å². The van der Waals surface area contributed by atoms with Crippen LogP contribution >= 0.6 is 0 Å². The quantitative estimate of drug-likeness (QED) is 0.578. The first-order chi connectivity index (χ1) is 9.06. The number of ether oxygens (including phenoxy) is 1. The van der Waals surface area contributed by atoms with E-state index in [4.69, 9.17) is 14.9 Å². The molecule has 1 rings (SSSR count). The molecule has 0 aliphatic carbocycles. The lowest BCUT2D eigenvalue weighted by Crippen LogP contribution is -2.47. The molecule has 0 saturated carbocycles. The average molecular weight is 268 g/mol. The molecule has 0 fully saturated rings. The summed E-state index contributed by atoms with van der Waals surface area (Å²) < 4.78 is 5.04. The van der Waals surface area contributed by atoms with Crippen molar-refractivity contribution in [3.05, 3.63) is 29.8 Å². The van der Waals surface area contributed by atoms with E-state index in [9.17, 15) is 9.59 Å². The fraction of sp³-hybridized carbons (Fsp3) is 0.333. The van der Waals surface area contributed by atoms with Gasteiger partial charge in [0.1, 0.15) is 5.75 Å². The molecule has 1 atom stereocenters. The van der Waals surface area contributed by atoms with Crippen LogP contribution in [-0.2, 0) is 11.3 Å². The fourth-order valence-electron chi connectivity index (χ4n) is 1.36. The highest BCUT2D eigenvalue weighted by atomic mass is 16.5. The third-order valence-corrected chi connectivity index (χ3v) is 2.37. The van der Waals surface area contributed by atoms with E-state index in [0.717, 1.165) is 5.56 Å². The summed E-state index contributed by atoms with van der Waals surface area (Å²) in [6.07, 6.45) is 0. The molecule has 7 heteroatoms. The van der Waals surface area contributed by atoms with Crippen LogP contribution in [-0.4, -0.2) is 42.0 Å². The van der Waals surface area contributed by atoms with Gasteiger partial charge < -0.3 is 25.6 Å². The minimum Gasteiger partial charge on any atom is -0.497 e. The normalized spacial score (nSPS) is 11.5. The molecule has 0 aliphatic heterocycles. The van der Waals surface area contributed by atoms with E-state index in [1.165, 1.54) is 7.11 Å². The summed E-state index contributed by atoms with van der Waals surface area (Å²) in [4.78, 5) is 22.0. The van der Waals surface area contributed by atoms with Gasteiger partial charge in [0, 0.05) is 6.54 Å². The molecule has 0 bridgehead atoms. The van der Waals surface area contributed by atoms with E-state index in [1.54, 1.807) is 24.3 Å². The standard InChI is InChI=1S/C12H16N2O5/c1-19-9-4-2-3-8(5-9)6-13-12(18)14-10(7-15)11(16)17/h2-5,10,15H,6-7H2,1H3,(H,16,17)(H2,13,14,18). The van der Waals surface area contributed by atoms with E-state index in [0.29, 0.717) is 5.75 Å². The molecule has 1 aromatic rings. The van der Waals surface area contributed by atoms with Gasteiger partial charge in [0.05, 0.1) is 13.7 Å². The molecule has 104 valence electrons. The van der Waals surface area contributed by atoms with Crippen LogP contribution in [0.15, 0.2) is 24.3 Å². The van der Waals surface area contributed by atoms with Gasteiger partial charge in [-0.05, 0) is 17.7 Å². The number of methoxy groups -OCH3 is 1. The van der Waals surface area contributed by atoms with Crippen LogP contribution < -0.4 is 15.4 Å². The van der Waals surface area contributed by atoms with Crippen LogP contribution in [0.2, 0.25) is 0 Å². The number of hydrogen-bond donors (Lipinski definition) is 4. The molecule has 2 amide bonds. The van der Waals surface area contributed by atoms with Crippen LogP contribution in [0.3, 0.4) is 0 Å². The van der Waals surface area contributed by atoms with Crippen molar-refractivity contribution in [2.75, 3.05) is 13.7 Å². The van der Waals surface area contributed by atoms with E-state index >= 15 is 0 Å². The van der Waals surface area contributed by atoms with Crippen LogP contribution in [0.1, 0.15) is 5.56 Å². The molecular weight excluding hydrogens is 252 g/mol. The number of carboxylic acids is 1. The van der Waals surface area contributed by atoms with Gasteiger partial charge in [0.25, 0.3) is 0 Å². The number of amides is 2. The first-order valence-corrected chi connectivity index (χ1v) is 5.57. The highest BCUT2D eigenvalue weighted by Crippen LogP contribution is 2.11. The fourth-order valence-corrected chi connectivity index (χ4v) is 1.36. The van der Waals surface area contributed by atoms with Gasteiger partial charge in [-0.3, -0.25) is 0 Å². The topological polar surface area (TPSA) is 108 Å². The van der Waals surface area contributed by atoms with Gasteiger partial charge >= 0.3 is 12.0 Å². The molecule has 7 nitrogen and oxygen atoms in total. The zero-order valence-corrected chi connectivity index (χ0v) is 10.4. The van der Waals surface area contributed by atoms with Crippen molar-refractivity contribution in [1.29, 1.82) is 0 Å². The van der Waals surface area contributed by atoms with Gasteiger partial charge in [-0.25, -0.2) is 9.59 Å². The summed E-state index contributed by atoms with van der Waals surface area (Å²) in [5, 5.41) is 22.0. The zero-order valence-electron chi connectivity index (χ0n) is 10.4. The van der Waals surface area contributed by atoms with Crippen molar-refractivity contribution in [1.82, 2.24) is 10.6 Å². The number of aliphatic carboxylic acids is 1. The summed E-state index contributed by atoms with van der Waals surface area (Å²) in [5.74, 6) is -0.627. The van der Waals surface area contributed by atoms with Crippen LogP contribution in [0.25, 0.3) is 0 Å². The highest BCUT2D eigenvalue weighted by Gasteiger charge is 2.18. The van der Waals surface area contributed by atoms with Gasteiger partial charge in [0.2, 0.25) is 0 Å². The van der Waals surface area contributed by atoms with Crippen LogP contribution in [0.5, 0.6) is 5.75 Å².